The SMILES string of the molecule is CCCCN(c1nc(NCCO)nc(N(CCCC)C2CC(C)(C)N(OC3CCCCC3)CC2(C)C)n1)C1CC(C)(C)N(OC2CCCCC2)CC1(C)C. The quantitative estimate of drug-likeness (QED) is 0.160. The van der Waals surface area contributed by atoms with E-state index in [0.29, 0.717) is 24.7 Å². The fourth-order valence-corrected chi connectivity index (χ4v) is 9.51. The maximum Gasteiger partial charge on any atom is 0.232 e. The van der Waals surface area contributed by atoms with Gasteiger partial charge in [-0.1, -0.05) is 92.9 Å². The molecule has 310 valence electrons. The van der Waals surface area contributed by atoms with Crippen molar-refractivity contribution in [2.75, 3.05) is 54.4 Å². The summed E-state index contributed by atoms with van der Waals surface area (Å²) in [5, 5.41) is 17.9. The van der Waals surface area contributed by atoms with Gasteiger partial charge in [0, 0.05) is 66.7 Å². The molecule has 2 saturated carbocycles. The second-order valence-corrected chi connectivity index (χ2v) is 19.8. The lowest BCUT2D eigenvalue weighted by molar-refractivity contribution is -0.279. The lowest BCUT2D eigenvalue weighted by Gasteiger charge is -2.56. The smallest absolute Gasteiger partial charge is 0.232 e. The first kappa shape index (κ1) is 43.3. The number of rotatable bonds is 17. The third-order valence-corrected chi connectivity index (χ3v) is 13.1. The number of nitrogens with one attached hydrogen (secondary N) is 1. The number of aliphatic hydroxyl groups excluding tert-OH is 1. The van der Waals surface area contributed by atoms with Gasteiger partial charge < -0.3 is 20.2 Å². The van der Waals surface area contributed by atoms with Crippen molar-refractivity contribution in [3.8, 4) is 0 Å². The van der Waals surface area contributed by atoms with E-state index in [1.807, 2.05) is 0 Å². The third kappa shape index (κ3) is 10.8. The maximum atomic E-state index is 9.87. The summed E-state index contributed by atoms with van der Waals surface area (Å²) in [6.45, 7) is 27.4. The molecule has 54 heavy (non-hydrogen) atoms. The molecule has 4 aliphatic rings. The summed E-state index contributed by atoms with van der Waals surface area (Å²) in [4.78, 5) is 34.5. The van der Waals surface area contributed by atoms with Gasteiger partial charge in [-0.15, -0.1) is 0 Å². The van der Waals surface area contributed by atoms with Crippen molar-refractivity contribution in [2.24, 2.45) is 10.8 Å². The molecule has 2 aliphatic heterocycles. The van der Waals surface area contributed by atoms with E-state index in [4.69, 9.17) is 24.6 Å². The van der Waals surface area contributed by atoms with Gasteiger partial charge in [-0.2, -0.15) is 25.1 Å². The average Bonchev–Trinajstić information content (AvgIpc) is 3.12. The molecule has 11 heteroatoms. The van der Waals surface area contributed by atoms with Crippen LogP contribution in [-0.2, 0) is 9.68 Å². The van der Waals surface area contributed by atoms with Crippen LogP contribution >= 0.6 is 0 Å². The average molecular weight is 757 g/mol. The first-order valence-electron chi connectivity index (χ1n) is 22.1. The van der Waals surface area contributed by atoms with E-state index >= 15 is 0 Å². The Kier molecular flexibility index (Phi) is 15.0. The highest BCUT2D eigenvalue weighted by molar-refractivity contribution is 5.48. The maximum absolute atomic E-state index is 9.87. The van der Waals surface area contributed by atoms with Gasteiger partial charge in [0.1, 0.15) is 0 Å². The molecule has 0 radical (unpaired) electrons. The molecule has 5 rings (SSSR count). The Morgan fingerprint density at radius 3 is 1.43 bits per heavy atom. The van der Waals surface area contributed by atoms with Crippen molar-refractivity contribution in [3.05, 3.63) is 0 Å². The van der Waals surface area contributed by atoms with Crippen LogP contribution in [0.4, 0.5) is 17.8 Å². The lowest BCUT2D eigenvalue weighted by Crippen LogP contribution is -2.64. The van der Waals surface area contributed by atoms with E-state index in [1.54, 1.807) is 0 Å². The summed E-state index contributed by atoms with van der Waals surface area (Å²) in [5.41, 5.74) is -0.455. The predicted octanol–water partition coefficient (Wildman–Crippen LogP) is 8.78. The zero-order valence-corrected chi connectivity index (χ0v) is 36.3. The zero-order valence-electron chi connectivity index (χ0n) is 36.3. The summed E-state index contributed by atoms with van der Waals surface area (Å²) in [6.07, 6.45) is 19.1. The van der Waals surface area contributed by atoms with Crippen molar-refractivity contribution < 1.29 is 14.8 Å². The molecular formula is C43H80N8O3. The normalized spacial score (nSPS) is 26.4. The Morgan fingerprint density at radius 1 is 0.648 bits per heavy atom. The van der Waals surface area contributed by atoms with Crippen LogP contribution in [0.5, 0.6) is 0 Å². The van der Waals surface area contributed by atoms with E-state index in [0.717, 1.165) is 102 Å². The van der Waals surface area contributed by atoms with Gasteiger partial charge in [-0.3, -0.25) is 9.68 Å². The van der Waals surface area contributed by atoms with Crippen LogP contribution in [0.25, 0.3) is 0 Å². The molecule has 2 saturated heterocycles. The molecular weight excluding hydrogens is 677 g/mol. The van der Waals surface area contributed by atoms with Crippen molar-refractivity contribution >= 4 is 17.8 Å². The summed E-state index contributed by atoms with van der Waals surface area (Å²) >= 11 is 0. The molecule has 4 fully saturated rings. The Bertz CT molecular complexity index is 1210. The van der Waals surface area contributed by atoms with Gasteiger partial charge in [-0.05, 0) is 79.1 Å². The predicted molar refractivity (Wildman–Crippen MR) is 222 cm³/mol. The lowest BCUT2D eigenvalue weighted by atomic mass is 9.72. The van der Waals surface area contributed by atoms with E-state index < -0.39 is 0 Å². The fraction of sp³-hybridized carbons (Fsp3) is 0.930. The summed E-state index contributed by atoms with van der Waals surface area (Å²) in [6, 6.07) is 0.400. The van der Waals surface area contributed by atoms with Gasteiger partial charge in [0.2, 0.25) is 17.8 Å². The number of nitrogens with zero attached hydrogens (tertiary/aromatic N) is 7. The molecule has 1 aromatic rings. The van der Waals surface area contributed by atoms with E-state index in [-0.39, 0.29) is 40.6 Å². The van der Waals surface area contributed by atoms with Crippen LogP contribution in [0.1, 0.15) is 172 Å². The van der Waals surface area contributed by atoms with Crippen LogP contribution in [-0.4, -0.2) is 105 Å². The highest BCUT2D eigenvalue weighted by Crippen LogP contribution is 2.45. The number of anilines is 3. The third-order valence-electron chi connectivity index (χ3n) is 13.1. The van der Waals surface area contributed by atoms with Crippen molar-refractivity contribution in [1.82, 2.24) is 25.1 Å². The molecule has 1 aromatic heterocycles. The van der Waals surface area contributed by atoms with Gasteiger partial charge in [0.15, 0.2) is 0 Å². The Labute approximate surface area is 329 Å². The zero-order chi connectivity index (χ0) is 39.1. The molecule has 3 heterocycles. The van der Waals surface area contributed by atoms with Gasteiger partial charge in [0.25, 0.3) is 0 Å². The molecule has 0 bridgehead atoms. The topological polar surface area (TPSA) is 102 Å². The highest BCUT2D eigenvalue weighted by atomic mass is 16.7. The molecule has 2 aliphatic carbocycles. The second kappa shape index (κ2) is 18.6. The first-order chi connectivity index (χ1) is 25.6. The van der Waals surface area contributed by atoms with E-state index in [9.17, 15) is 5.11 Å². The number of hydrogen-bond donors (Lipinski definition) is 2. The standard InChI is InChI=1S/C43H80N8O3/c1-11-13-26-48(35-29-42(7,8)50(31-40(35,3)4)53-33-21-17-15-18-22-33)38-45-37(44-25-28-52)46-39(47-38)49(27-14-12-2)36-30-43(9,10)51(32-41(36,5)6)54-34-23-19-16-20-24-34/h33-36,52H,11-32H2,1-10H3,(H,44,45,46,47). The summed E-state index contributed by atoms with van der Waals surface area (Å²) < 4.78 is 0. The molecule has 2 atom stereocenters. The Hall–Kier alpha value is -1.79. The molecule has 0 spiro atoms. The van der Waals surface area contributed by atoms with E-state index in [2.05, 4.69) is 94.5 Å². The van der Waals surface area contributed by atoms with Crippen LogP contribution in [0.15, 0.2) is 0 Å². The van der Waals surface area contributed by atoms with Crippen molar-refractivity contribution in [3.63, 3.8) is 0 Å². The fourth-order valence-electron chi connectivity index (χ4n) is 9.51. The Morgan fingerprint density at radius 2 is 1.06 bits per heavy atom. The minimum absolute atomic E-state index is 0.0107. The second-order valence-electron chi connectivity index (χ2n) is 19.8. The monoisotopic (exact) mass is 757 g/mol. The van der Waals surface area contributed by atoms with Gasteiger partial charge >= 0.3 is 0 Å². The number of hydrogen-bond acceptors (Lipinski definition) is 11. The van der Waals surface area contributed by atoms with Crippen LogP contribution in [0, 0.1) is 10.8 Å². The number of aliphatic hydroxyl groups is 1. The Balaban J connectivity index is 1.50. The minimum Gasteiger partial charge on any atom is -0.395 e. The summed E-state index contributed by atoms with van der Waals surface area (Å²) in [5.74, 6) is 2.01. The molecule has 2 N–H and O–H groups in total. The largest absolute Gasteiger partial charge is 0.395 e. The van der Waals surface area contributed by atoms with Gasteiger partial charge in [0.05, 0.1) is 18.8 Å². The van der Waals surface area contributed by atoms with Crippen LogP contribution < -0.4 is 15.1 Å². The molecule has 0 aromatic carbocycles. The van der Waals surface area contributed by atoms with E-state index in [1.165, 1.54) is 38.5 Å². The molecule has 0 amide bonds. The van der Waals surface area contributed by atoms with Crippen molar-refractivity contribution in [2.45, 2.75) is 207 Å². The minimum atomic E-state index is -0.146. The van der Waals surface area contributed by atoms with Crippen molar-refractivity contribution in [1.29, 1.82) is 0 Å². The number of aromatic nitrogens is 3. The number of hydroxylamine groups is 4. The number of piperidine rings is 2. The molecule has 2 unspecified atom stereocenters. The summed E-state index contributed by atoms with van der Waals surface area (Å²) in [7, 11) is 0. The van der Waals surface area contributed by atoms with Gasteiger partial charge in [-0.25, -0.2) is 0 Å². The first-order valence-corrected chi connectivity index (χ1v) is 22.1. The highest BCUT2D eigenvalue weighted by Gasteiger charge is 2.51. The van der Waals surface area contributed by atoms with Crippen LogP contribution in [0.2, 0.25) is 0 Å². The van der Waals surface area contributed by atoms with Crippen LogP contribution in [0.3, 0.4) is 0 Å². The number of unbranched alkanes of at least 4 members (excludes halogenated alkanes) is 2. The molecule has 11 nitrogen and oxygen atoms in total.